The Labute approximate surface area is 134 Å². The molecule has 1 aliphatic heterocycles. The molecular formula is C16H22F2N4O. The molecule has 1 aromatic heterocycles. The van der Waals surface area contributed by atoms with Crippen molar-refractivity contribution in [3.8, 4) is 0 Å². The molecule has 1 aliphatic carbocycles. The summed E-state index contributed by atoms with van der Waals surface area (Å²) in [6, 6.07) is 3.71. The van der Waals surface area contributed by atoms with Crippen LogP contribution in [0.5, 0.6) is 0 Å². The first-order valence-corrected chi connectivity index (χ1v) is 8.04. The summed E-state index contributed by atoms with van der Waals surface area (Å²) in [5.41, 5.74) is 0.778. The Morgan fingerprint density at radius 1 is 1.35 bits per heavy atom. The first-order valence-electron chi connectivity index (χ1n) is 8.04. The van der Waals surface area contributed by atoms with Gasteiger partial charge in [0.1, 0.15) is 0 Å². The van der Waals surface area contributed by atoms with E-state index in [1.165, 1.54) is 0 Å². The first-order chi connectivity index (χ1) is 10.9. The minimum atomic E-state index is -2.57. The average Bonchev–Trinajstić information content (AvgIpc) is 2.94. The number of hydrogen-bond donors (Lipinski definition) is 0. The van der Waals surface area contributed by atoms with Gasteiger partial charge in [0, 0.05) is 39.9 Å². The molecular weight excluding hydrogens is 302 g/mol. The van der Waals surface area contributed by atoms with Crippen molar-refractivity contribution in [2.75, 3.05) is 25.5 Å². The molecule has 0 bridgehead atoms. The maximum atomic E-state index is 12.9. The number of likely N-dealkylation sites (tertiary alicyclic amines) is 1. The van der Waals surface area contributed by atoms with Crippen molar-refractivity contribution in [1.82, 2.24) is 15.1 Å². The third kappa shape index (κ3) is 3.43. The zero-order valence-corrected chi connectivity index (χ0v) is 13.5. The lowest BCUT2D eigenvalue weighted by molar-refractivity contribution is -0.142. The van der Waals surface area contributed by atoms with E-state index in [0.717, 1.165) is 24.4 Å². The van der Waals surface area contributed by atoms with E-state index in [1.54, 1.807) is 4.90 Å². The van der Waals surface area contributed by atoms with Gasteiger partial charge in [0.2, 0.25) is 11.8 Å². The molecule has 1 saturated heterocycles. The van der Waals surface area contributed by atoms with Gasteiger partial charge in [-0.15, -0.1) is 5.10 Å². The summed E-state index contributed by atoms with van der Waals surface area (Å²) in [5.74, 6) is -2.02. The van der Waals surface area contributed by atoms with Crippen LogP contribution in [-0.4, -0.2) is 47.6 Å². The van der Waals surface area contributed by atoms with E-state index in [4.69, 9.17) is 0 Å². The van der Waals surface area contributed by atoms with Gasteiger partial charge < -0.3 is 9.80 Å². The number of alkyl halides is 2. The topological polar surface area (TPSA) is 49.3 Å². The van der Waals surface area contributed by atoms with E-state index in [2.05, 4.69) is 10.2 Å². The molecule has 23 heavy (non-hydrogen) atoms. The van der Waals surface area contributed by atoms with Crippen molar-refractivity contribution < 1.29 is 13.6 Å². The van der Waals surface area contributed by atoms with Crippen molar-refractivity contribution in [3.63, 3.8) is 0 Å². The standard InChI is InChI=1S/C16H22F2N4O/c1-21(2)14-6-5-12(19-20-14)13-4-3-7-22(13)15(23)8-11-9-16(17,18)10-11/h5-6,11,13H,3-4,7-10H2,1-2H3. The molecule has 5 nitrogen and oxygen atoms in total. The largest absolute Gasteiger partial charge is 0.361 e. The molecule has 0 aromatic carbocycles. The number of halogens is 2. The second kappa shape index (κ2) is 6.02. The van der Waals surface area contributed by atoms with Crippen LogP contribution in [0, 0.1) is 5.92 Å². The molecule has 2 heterocycles. The number of carbonyl (C=O) groups excluding carboxylic acids is 1. The number of hydrogen-bond acceptors (Lipinski definition) is 4. The Morgan fingerprint density at radius 3 is 2.65 bits per heavy atom. The molecule has 0 N–H and O–H groups in total. The Morgan fingerprint density at radius 2 is 2.09 bits per heavy atom. The molecule has 1 amide bonds. The van der Waals surface area contributed by atoms with Crippen LogP contribution in [0.2, 0.25) is 0 Å². The van der Waals surface area contributed by atoms with Crippen molar-refractivity contribution in [2.24, 2.45) is 5.92 Å². The second-order valence-electron chi connectivity index (χ2n) is 6.79. The molecule has 1 atom stereocenters. The summed E-state index contributed by atoms with van der Waals surface area (Å²) in [6.45, 7) is 0.670. The molecule has 1 aromatic rings. The number of amides is 1. The second-order valence-corrected chi connectivity index (χ2v) is 6.79. The summed E-state index contributed by atoms with van der Waals surface area (Å²) < 4.78 is 25.8. The van der Waals surface area contributed by atoms with E-state index in [-0.39, 0.29) is 37.1 Å². The van der Waals surface area contributed by atoms with Gasteiger partial charge in [-0.1, -0.05) is 0 Å². The van der Waals surface area contributed by atoms with Gasteiger partial charge in [0.05, 0.1) is 11.7 Å². The summed E-state index contributed by atoms with van der Waals surface area (Å²) >= 11 is 0. The van der Waals surface area contributed by atoms with E-state index in [0.29, 0.717) is 6.54 Å². The molecule has 7 heteroatoms. The van der Waals surface area contributed by atoms with Crippen molar-refractivity contribution in [1.29, 1.82) is 0 Å². The van der Waals surface area contributed by atoms with Crippen molar-refractivity contribution in [2.45, 2.75) is 44.1 Å². The summed E-state index contributed by atoms with van der Waals surface area (Å²) in [6.07, 6.45) is 1.66. The zero-order chi connectivity index (χ0) is 16.6. The van der Waals surface area contributed by atoms with Gasteiger partial charge in [0.25, 0.3) is 0 Å². The third-order valence-electron chi connectivity index (χ3n) is 4.68. The zero-order valence-electron chi connectivity index (χ0n) is 13.5. The summed E-state index contributed by atoms with van der Waals surface area (Å²) in [4.78, 5) is 16.1. The van der Waals surface area contributed by atoms with Gasteiger partial charge in [-0.2, -0.15) is 5.10 Å². The minimum Gasteiger partial charge on any atom is -0.361 e. The van der Waals surface area contributed by atoms with Crippen LogP contribution in [0.25, 0.3) is 0 Å². The van der Waals surface area contributed by atoms with Gasteiger partial charge in [-0.25, -0.2) is 8.78 Å². The van der Waals surface area contributed by atoms with Crippen LogP contribution >= 0.6 is 0 Å². The van der Waals surface area contributed by atoms with Gasteiger partial charge in [-0.3, -0.25) is 4.79 Å². The third-order valence-corrected chi connectivity index (χ3v) is 4.68. The summed E-state index contributed by atoms with van der Waals surface area (Å²) in [5, 5.41) is 8.41. The highest BCUT2D eigenvalue weighted by Crippen LogP contribution is 2.45. The lowest BCUT2D eigenvalue weighted by Gasteiger charge is -2.36. The van der Waals surface area contributed by atoms with Crippen LogP contribution in [0.1, 0.15) is 43.8 Å². The quantitative estimate of drug-likeness (QED) is 0.854. The highest BCUT2D eigenvalue weighted by atomic mass is 19.3. The predicted octanol–water partition coefficient (Wildman–Crippen LogP) is 2.64. The van der Waals surface area contributed by atoms with E-state index in [9.17, 15) is 13.6 Å². The Hall–Kier alpha value is -1.79. The Bertz CT molecular complexity index is 568. The van der Waals surface area contributed by atoms with E-state index in [1.807, 2.05) is 31.1 Å². The van der Waals surface area contributed by atoms with Crippen LogP contribution in [0.4, 0.5) is 14.6 Å². The molecule has 3 rings (SSSR count). The maximum absolute atomic E-state index is 12.9. The van der Waals surface area contributed by atoms with Crippen LogP contribution < -0.4 is 4.90 Å². The van der Waals surface area contributed by atoms with Gasteiger partial charge in [0.15, 0.2) is 5.82 Å². The average molecular weight is 324 g/mol. The molecule has 126 valence electrons. The van der Waals surface area contributed by atoms with Crippen LogP contribution in [-0.2, 0) is 4.79 Å². The molecule has 1 unspecified atom stereocenters. The number of rotatable bonds is 4. The molecule has 2 fully saturated rings. The lowest BCUT2D eigenvalue weighted by atomic mass is 9.79. The Balaban J connectivity index is 1.64. The molecule has 0 radical (unpaired) electrons. The molecule has 0 spiro atoms. The predicted molar refractivity (Wildman–Crippen MR) is 82.3 cm³/mol. The Kier molecular flexibility index (Phi) is 4.21. The molecule has 1 saturated carbocycles. The van der Waals surface area contributed by atoms with Crippen molar-refractivity contribution >= 4 is 11.7 Å². The maximum Gasteiger partial charge on any atom is 0.248 e. The van der Waals surface area contributed by atoms with E-state index >= 15 is 0 Å². The summed E-state index contributed by atoms with van der Waals surface area (Å²) in [7, 11) is 3.78. The van der Waals surface area contributed by atoms with Crippen LogP contribution in [0.3, 0.4) is 0 Å². The highest BCUT2D eigenvalue weighted by Gasteiger charge is 2.46. The normalized spacial score (nSPS) is 23.7. The van der Waals surface area contributed by atoms with Crippen LogP contribution in [0.15, 0.2) is 12.1 Å². The fourth-order valence-corrected chi connectivity index (χ4v) is 3.42. The van der Waals surface area contributed by atoms with Crippen molar-refractivity contribution in [3.05, 3.63) is 17.8 Å². The smallest absolute Gasteiger partial charge is 0.248 e. The number of nitrogens with zero attached hydrogens (tertiary/aromatic N) is 4. The fraction of sp³-hybridized carbons (Fsp3) is 0.688. The van der Waals surface area contributed by atoms with Gasteiger partial charge >= 0.3 is 0 Å². The fourth-order valence-electron chi connectivity index (χ4n) is 3.42. The number of carbonyl (C=O) groups is 1. The minimum absolute atomic E-state index is 0.0357. The molecule has 2 aliphatic rings. The lowest BCUT2D eigenvalue weighted by Crippen LogP contribution is -2.40. The first kappa shape index (κ1) is 16.1. The highest BCUT2D eigenvalue weighted by molar-refractivity contribution is 5.77. The van der Waals surface area contributed by atoms with Gasteiger partial charge in [-0.05, 0) is 30.9 Å². The monoisotopic (exact) mass is 324 g/mol. The SMILES string of the molecule is CN(C)c1ccc(C2CCCN2C(=O)CC2CC(F)(F)C2)nn1. The van der Waals surface area contributed by atoms with E-state index < -0.39 is 5.92 Å². The number of aromatic nitrogens is 2. The number of anilines is 1.